The zero-order chi connectivity index (χ0) is 43.6. The molecule has 6 heteroatoms. The number of amides is 4. The van der Waals surface area contributed by atoms with Crippen molar-refractivity contribution in [1.82, 2.24) is 0 Å². The highest BCUT2D eigenvalue weighted by Gasteiger charge is 2.35. The van der Waals surface area contributed by atoms with Crippen LogP contribution in [0.3, 0.4) is 0 Å². The normalized spacial score (nSPS) is 11.6. The lowest BCUT2D eigenvalue weighted by molar-refractivity contribution is -0.122. The zero-order valence-electron chi connectivity index (χ0n) is 37.5. The molecule has 0 N–H and O–H groups in total. The van der Waals surface area contributed by atoms with Crippen molar-refractivity contribution in [2.75, 3.05) is 9.80 Å². The number of carbonyl (C=O) groups excluding carboxylic acids is 4. The number of imide groups is 2. The Labute approximate surface area is 356 Å². The third-order valence-corrected chi connectivity index (χ3v) is 7.13. The molecule has 0 atom stereocenters. The molecule has 58 heavy (non-hydrogen) atoms. The molecule has 0 saturated carbocycles. The third kappa shape index (κ3) is 20.2. The number of anilines is 2. The number of para-hydroxylation sites is 2. The summed E-state index contributed by atoms with van der Waals surface area (Å²) < 4.78 is 0. The molecule has 0 fully saturated rings. The molecule has 0 spiro atoms. The molecule has 0 radical (unpaired) electrons. The van der Waals surface area contributed by atoms with Gasteiger partial charge in [0.25, 0.3) is 23.6 Å². The summed E-state index contributed by atoms with van der Waals surface area (Å²) in [6.07, 6.45) is 2.50. The topological polar surface area (TPSA) is 74.8 Å². The maximum atomic E-state index is 11.8. The predicted molar refractivity (Wildman–Crippen MR) is 257 cm³/mol. The highest BCUT2D eigenvalue weighted by Crippen LogP contribution is 2.27. The average molecular weight is 797 g/mol. The van der Waals surface area contributed by atoms with E-state index in [1.807, 2.05) is 79.7 Å². The first kappa shape index (κ1) is 61.9. The Bertz CT molecular complexity index is 1520. The molecule has 0 unspecified atom stereocenters. The second-order valence-corrected chi connectivity index (χ2v) is 11.2. The quantitative estimate of drug-likeness (QED) is 0.194. The number of hydrogen-bond donors (Lipinski definition) is 0. The van der Waals surface area contributed by atoms with Gasteiger partial charge in [0.2, 0.25) is 0 Å². The first-order valence-corrected chi connectivity index (χ1v) is 20.4. The van der Waals surface area contributed by atoms with Crippen molar-refractivity contribution in [1.29, 1.82) is 0 Å². The van der Waals surface area contributed by atoms with E-state index in [9.17, 15) is 19.2 Å². The Balaban J connectivity index is -0.000000207. The van der Waals surface area contributed by atoms with Gasteiger partial charge in [-0.1, -0.05) is 208 Å². The smallest absolute Gasteiger partial charge is 0.261 e. The molecule has 322 valence electrons. The first-order valence-electron chi connectivity index (χ1n) is 20.4. The van der Waals surface area contributed by atoms with Gasteiger partial charge in [0.1, 0.15) is 0 Å². The van der Waals surface area contributed by atoms with E-state index < -0.39 is 0 Å². The summed E-state index contributed by atoms with van der Waals surface area (Å²) in [5, 5.41) is 0. The molecule has 6 nitrogen and oxygen atoms in total. The number of hydrogen-bond acceptors (Lipinski definition) is 4. The fourth-order valence-corrected chi connectivity index (χ4v) is 4.38. The van der Waals surface area contributed by atoms with Gasteiger partial charge in [0.05, 0.1) is 11.4 Å². The second kappa shape index (κ2) is 38.5. The maximum Gasteiger partial charge on any atom is 0.261 e. The van der Waals surface area contributed by atoms with Crippen LogP contribution in [0.25, 0.3) is 11.1 Å². The molecule has 4 aromatic rings. The highest BCUT2D eigenvalue weighted by atomic mass is 16.2. The molecule has 6 rings (SSSR count). The van der Waals surface area contributed by atoms with Crippen molar-refractivity contribution < 1.29 is 19.2 Å². The SMILES string of the molecule is C.C.CC.CC.CC.CC.CC1=C(C)C(=O)N(c2ccccc2)C1=O.CC1=C(C)C(=O)N(c2ccccc2)C1=O.CCC.CCC.c1ccc(-c2ccccc2)cc1. The van der Waals surface area contributed by atoms with Gasteiger partial charge in [-0.2, -0.15) is 0 Å². The fraction of sp³-hybridized carbons (Fsp3) is 0.385. The molecule has 0 saturated heterocycles. The molecule has 0 aliphatic carbocycles. The number of nitrogens with zero attached hydrogens (tertiary/aromatic N) is 2. The molecule has 4 amide bonds. The van der Waals surface area contributed by atoms with Crippen LogP contribution in [-0.2, 0) is 19.2 Å². The van der Waals surface area contributed by atoms with Gasteiger partial charge in [-0.15, -0.1) is 0 Å². The summed E-state index contributed by atoms with van der Waals surface area (Å²) in [7, 11) is 0. The largest absolute Gasteiger partial charge is 0.269 e. The van der Waals surface area contributed by atoms with Crippen LogP contribution in [0.2, 0.25) is 0 Å². The Hall–Kier alpha value is -5.36. The molecule has 2 aliphatic heterocycles. The van der Waals surface area contributed by atoms with E-state index in [1.54, 1.807) is 76.2 Å². The van der Waals surface area contributed by atoms with Crippen molar-refractivity contribution in [3.8, 4) is 11.1 Å². The minimum absolute atomic E-state index is 0. The van der Waals surface area contributed by atoms with E-state index in [0.717, 1.165) is 0 Å². The first-order chi connectivity index (χ1) is 27.0. The summed E-state index contributed by atoms with van der Waals surface area (Å²) in [5.41, 5.74) is 5.93. The number of benzene rings is 4. The van der Waals surface area contributed by atoms with Crippen LogP contribution in [0.4, 0.5) is 11.4 Å². The Kier molecular flexibility index (Phi) is 41.1. The lowest BCUT2D eigenvalue weighted by Crippen LogP contribution is -2.31. The second-order valence-electron chi connectivity index (χ2n) is 11.2. The molecule has 0 aromatic heterocycles. The van der Waals surface area contributed by atoms with E-state index in [1.165, 1.54) is 33.8 Å². The standard InChI is InChI=1S/2C12H11NO2.C12H10.2C3H8.4C2H6.2CH4/c2*1-8-9(2)12(15)13(11(8)14)10-6-4-3-5-7-10;1-3-7-11(8-4-1)12-9-5-2-6-10-12;2*1-3-2;4*1-2;;/h2*3-7H,1-2H3;1-10H;2*3H2,1-2H3;4*1-2H3;2*1H4. The van der Waals surface area contributed by atoms with Gasteiger partial charge in [0, 0.05) is 22.3 Å². The van der Waals surface area contributed by atoms with Crippen molar-refractivity contribution in [3.63, 3.8) is 0 Å². The van der Waals surface area contributed by atoms with Gasteiger partial charge < -0.3 is 0 Å². The van der Waals surface area contributed by atoms with Crippen molar-refractivity contribution in [3.05, 3.63) is 144 Å². The zero-order valence-corrected chi connectivity index (χ0v) is 37.5. The van der Waals surface area contributed by atoms with E-state index >= 15 is 0 Å². The van der Waals surface area contributed by atoms with Gasteiger partial charge in [-0.25, -0.2) is 9.80 Å². The molecule has 0 bridgehead atoms. The molecule has 4 aromatic carbocycles. The van der Waals surface area contributed by atoms with Gasteiger partial charge in [-0.05, 0) is 63.1 Å². The molecule has 2 heterocycles. The van der Waals surface area contributed by atoms with Gasteiger partial charge in [0.15, 0.2) is 0 Å². The lowest BCUT2D eigenvalue weighted by Gasteiger charge is -2.14. The minimum atomic E-state index is -0.219. The van der Waals surface area contributed by atoms with Crippen molar-refractivity contribution in [2.24, 2.45) is 0 Å². The van der Waals surface area contributed by atoms with Crippen LogP contribution in [0.15, 0.2) is 144 Å². The van der Waals surface area contributed by atoms with Crippen LogP contribution in [0.5, 0.6) is 0 Å². The van der Waals surface area contributed by atoms with Crippen LogP contribution >= 0.6 is 0 Å². The molecule has 2 aliphatic rings. The van der Waals surface area contributed by atoms with E-state index in [-0.39, 0.29) is 38.5 Å². The van der Waals surface area contributed by atoms with Crippen LogP contribution in [0.1, 0.15) is 138 Å². The van der Waals surface area contributed by atoms with Gasteiger partial charge >= 0.3 is 0 Å². The van der Waals surface area contributed by atoms with Crippen LogP contribution < -0.4 is 9.80 Å². The third-order valence-electron chi connectivity index (χ3n) is 7.13. The lowest BCUT2D eigenvalue weighted by atomic mass is 10.1. The maximum absolute atomic E-state index is 11.8. The Morgan fingerprint density at radius 1 is 0.328 bits per heavy atom. The average Bonchev–Trinajstić information content (AvgIpc) is 3.58. The Morgan fingerprint density at radius 2 is 0.483 bits per heavy atom. The summed E-state index contributed by atoms with van der Waals surface area (Å²) in [5.74, 6) is -0.875. The summed E-state index contributed by atoms with van der Waals surface area (Å²) in [6, 6.07) is 38.7. The fourth-order valence-electron chi connectivity index (χ4n) is 4.38. The highest BCUT2D eigenvalue weighted by molar-refractivity contribution is 6.33. The Morgan fingerprint density at radius 3 is 0.655 bits per heavy atom. The van der Waals surface area contributed by atoms with Crippen molar-refractivity contribution in [2.45, 2.75) is 138 Å². The summed E-state index contributed by atoms with van der Waals surface area (Å²) >= 11 is 0. The van der Waals surface area contributed by atoms with Gasteiger partial charge in [-0.3, -0.25) is 19.2 Å². The van der Waals surface area contributed by atoms with E-state index in [0.29, 0.717) is 33.7 Å². The minimum Gasteiger partial charge on any atom is -0.269 e. The number of carbonyl (C=O) groups is 4. The monoisotopic (exact) mass is 797 g/mol. The van der Waals surface area contributed by atoms with Crippen LogP contribution in [-0.4, -0.2) is 23.6 Å². The van der Waals surface area contributed by atoms with Crippen LogP contribution in [0, 0.1) is 0 Å². The summed E-state index contributed by atoms with van der Waals surface area (Å²) in [6.45, 7) is 31.2. The molecular weight excluding hydrogens is 717 g/mol. The summed E-state index contributed by atoms with van der Waals surface area (Å²) in [4.78, 5) is 49.5. The van der Waals surface area contributed by atoms with E-state index in [4.69, 9.17) is 0 Å². The number of rotatable bonds is 3. The van der Waals surface area contributed by atoms with Crippen molar-refractivity contribution >= 4 is 35.0 Å². The molecular formula is C52H80N2O4. The van der Waals surface area contributed by atoms with E-state index in [2.05, 4.69) is 76.2 Å². The predicted octanol–water partition coefficient (Wildman–Crippen LogP) is 15.4.